The second-order valence-corrected chi connectivity index (χ2v) is 12.4. The summed E-state index contributed by atoms with van der Waals surface area (Å²) in [5.41, 5.74) is 0.699. The van der Waals surface area contributed by atoms with Crippen LogP contribution in [0.15, 0.2) is 170 Å². The normalized spacial score (nSPS) is 15.1. The summed E-state index contributed by atoms with van der Waals surface area (Å²) in [6.45, 7) is 0. The van der Waals surface area contributed by atoms with Crippen LogP contribution >= 0.6 is 0 Å². The van der Waals surface area contributed by atoms with Crippen molar-refractivity contribution < 1.29 is 13.7 Å². The Hall–Kier alpha value is -6.24. The van der Waals surface area contributed by atoms with Crippen LogP contribution in [-0.2, 0) is 0 Å². The lowest BCUT2D eigenvalue weighted by Crippen LogP contribution is -1.90. The lowest BCUT2D eigenvalue weighted by Gasteiger charge is -2.16. The summed E-state index contributed by atoms with van der Waals surface area (Å²) in [6.07, 6.45) is 0. The van der Waals surface area contributed by atoms with Gasteiger partial charge in [-0.2, -0.15) is 0 Å². The predicted molar refractivity (Wildman–Crippen MR) is 208 cm³/mol. The van der Waals surface area contributed by atoms with Gasteiger partial charge in [-0.25, -0.2) is 0 Å². The molecule has 0 amide bonds. The second kappa shape index (κ2) is 9.64. The van der Waals surface area contributed by atoms with Gasteiger partial charge in [0.1, 0.15) is 0 Å². The van der Waals surface area contributed by atoms with Crippen LogP contribution in [0.4, 0.5) is 0 Å². The zero-order valence-corrected chi connectivity index (χ0v) is 25.4. The molecule has 0 unspecified atom stereocenters. The van der Waals surface area contributed by atoms with Crippen molar-refractivity contribution in [3.63, 3.8) is 0 Å². The Morgan fingerprint density at radius 3 is 1.29 bits per heavy atom. The molecule has 0 heteroatoms. The molecule has 0 spiro atoms. The van der Waals surface area contributed by atoms with Gasteiger partial charge in [0.25, 0.3) is 0 Å². The molecule has 0 saturated carbocycles. The van der Waals surface area contributed by atoms with Gasteiger partial charge in [0, 0.05) is 0 Å². The van der Waals surface area contributed by atoms with Crippen LogP contribution < -0.4 is 0 Å². The van der Waals surface area contributed by atoms with E-state index in [1.165, 1.54) is 0 Å². The van der Waals surface area contributed by atoms with Crippen molar-refractivity contribution in [2.45, 2.75) is 0 Å². The van der Waals surface area contributed by atoms with Gasteiger partial charge in [0.05, 0.1) is 13.7 Å². The molecule has 0 atom stereocenters. The van der Waals surface area contributed by atoms with E-state index < -0.39 is 36.3 Å². The Labute approximate surface area is 291 Å². The van der Waals surface area contributed by atoms with E-state index in [-0.39, 0.29) is 57.2 Å². The van der Waals surface area contributed by atoms with Gasteiger partial charge in [-0.15, -0.1) is 0 Å². The fraction of sp³-hybridized carbons (Fsp3) is 0. The molecule has 0 aromatic heterocycles. The van der Waals surface area contributed by atoms with Gasteiger partial charge < -0.3 is 0 Å². The number of hydrogen-bond acceptors (Lipinski definition) is 0. The fourth-order valence-corrected chi connectivity index (χ4v) is 7.74. The van der Waals surface area contributed by atoms with Gasteiger partial charge >= 0.3 is 0 Å². The number of hydrogen-bond donors (Lipinski definition) is 0. The first-order valence-electron chi connectivity index (χ1n) is 21.0. The molecular formula is C48H28. The third kappa shape index (κ3) is 3.60. The Morgan fingerprint density at radius 2 is 0.729 bits per heavy atom. The van der Waals surface area contributed by atoms with Crippen LogP contribution in [-0.4, -0.2) is 0 Å². The summed E-state index contributed by atoms with van der Waals surface area (Å²) >= 11 is 0. The van der Waals surface area contributed by atoms with E-state index in [1.807, 2.05) is 91.0 Å². The van der Waals surface area contributed by atoms with Gasteiger partial charge in [0.15, 0.2) is 0 Å². The first kappa shape index (κ1) is 18.2. The highest BCUT2D eigenvalue weighted by Crippen LogP contribution is 2.43. The van der Waals surface area contributed by atoms with Crippen molar-refractivity contribution in [3.8, 4) is 33.4 Å². The van der Waals surface area contributed by atoms with Gasteiger partial charge in [-0.3, -0.25) is 0 Å². The van der Waals surface area contributed by atoms with E-state index in [0.29, 0.717) is 11.1 Å². The molecule has 0 aliphatic heterocycles. The van der Waals surface area contributed by atoms with Crippen molar-refractivity contribution >= 4 is 75.4 Å². The summed E-state index contributed by atoms with van der Waals surface area (Å²) in [7, 11) is 0. The highest BCUT2D eigenvalue weighted by Gasteiger charge is 2.16. The summed E-state index contributed by atoms with van der Waals surface area (Å²) < 4.78 is 93.0. The van der Waals surface area contributed by atoms with Crippen LogP contribution in [0.3, 0.4) is 0 Å². The average molecular weight is 615 g/mol. The van der Waals surface area contributed by atoms with Gasteiger partial charge in [-0.1, -0.05) is 158 Å². The quantitative estimate of drug-likeness (QED) is 0.174. The number of fused-ring (bicyclic) bond motifs is 1. The molecule has 0 N–H and O–H groups in total. The summed E-state index contributed by atoms with van der Waals surface area (Å²) in [6, 6.07) is 31.2. The molecular weight excluding hydrogens is 577 g/mol. The average Bonchev–Trinajstić information content (AvgIpc) is 3.24. The maximum atomic E-state index is 9.89. The maximum absolute atomic E-state index is 9.89. The summed E-state index contributed by atoms with van der Waals surface area (Å²) in [5.74, 6) is 0. The van der Waals surface area contributed by atoms with Gasteiger partial charge in [-0.05, 0) is 121 Å². The lowest BCUT2D eigenvalue weighted by molar-refractivity contribution is 1.62. The molecule has 0 aliphatic carbocycles. The zero-order valence-electron chi connectivity index (χ0n) is 35.4. The van der Waals surface area contributed by atoms with Crippen molar-refractivity contribution in [2.75, 3.05) is 0 Å². The molecule has 0 saturated heterocycles. The minimum atomic E-state index is -0.589. The third-order valence-corrected chi connectivity index (χ3v) is 9.91. The number of rotatable bonds is 3. The smallest absolute Gasteiger partial charge is 0.0616 e. The summed E-state index contributed by atoms with van der Waals surface area (Å²) in [4.78, 5) is 0. The van der Waals surface area contributed by atoms with E-state index in [0.717, 1.165) is 64.6 Å². The first-order chi connectivity index (χ1) is 28.0. The zero-order chi connectivity index (χ0) is 40.0. The number of benzene rings is 11. The van der Waals surface area contributed by atoms with Crippen LogP contribution in [0.25, 0.3) is 109 Å². The second-order valence-electron chi connectivity index (χ2n) is 12.4. The van der Waals surface area contributed by atoms with Crippen molar-refractivity contribution in [1.29, 1.82) is 0 Å². The van der Waals surface area contributed by atoms with Crippen LogP contribution in [0.2, 0.25) is 0 Å². The summed E-state index contributed by atoms with van der Waals surface area (Å²) in [5, 5.41) is 11.1. The molecule has 11 rings (SSSR count). The Morgan fingerprint density at radius 1 is 0.292 bits per heavy atom. The molecule has 0 aliphatic rings. The van der Waals surface area contributed by atoms with E-state index in [4.69, 9.17) is 5.48 Å². The molecule has 11 aromatic rings. The van der Waals surface area contributed by atoms with Crippen LogP contribution in [0.1, 0.15) is 13.7 Å². The molecule has 220 valence electrons. The third-order valence-electron chi connectivity index (χ3n) is 9.91. The highest BCUT2D eigenvalue weighted by atomic mass is 14.2. The van der Waals surface area contributed by atoms with Crippen LogP contribution in [0, 0.1) is 0 Å². The van der Waals surface area contributed by atoms with E-state index in [9.17, 15) is 8.22 Å². The molecule has 0 heterocycles. The van der Waals surface area contributed by atoms with E-state index in [1.54, 1.807) is 6.07 Å². The first-order valence-corrected chi connectivity index (χ1v) is 16.0. The molecule has 0 radical (unpaired) electrons. The Balaban J connectivity index is 1.25. The minimum absolute atomic E-state index is 0.0678. The van der Waals surface area contributed by atoms with Crippen molar-refractivity contribution in [1.82, 2.24) is 0 Å². The lowest BCUT2D eigenvalue weighted by atomic mass is 9.87. The highest BCUT2D eigenvalue weighted by molar-refractivity contribution is 6.27. The van der Waals surface area contributed by atoms with Crippen LogP contribution in [0.5, 0.6) is 0 Å². The topological polar surface area (TPSA) is 0 Å². The monoisotopic (exact) mass is 614 g/mol. The standard InChI is InChI=1S/C48H28/c1-2-10-39-37(5-1)27-38(41-24-20-36-18-16-32-7-4-9-34-22-26-43(41)48(36)46(32)34)28-44(39)30-13-11-29(12-14-30)40-23-19-35-17-15-31-6-3-8-33-21-25-42(40)47(35)45(31)33/h1-28H/i1D,2D,5D,10D,11D,12D,13D,14D,27D,28D. The minimum Gasteiger partial charge on any atom is -0.0616 e. The SMILES string of the molecule is [2H]c1c([2H])c(-c2c([2H])c(-c3ccc4ccc5cccc6ccc3c4c56)c([2H])c3c([2H])c([2H])c([2H])c([2H])c23)c([2H])c([2H])c1-c1ccc2ccc3cccc4ccc1c2c34. The molecule has 48 heavy (non-hydrogen) atoms. The maximum Gasteiger partial charge on any atom is 0.0636 e. The van der Waals surface area contributed by atoms with Gasteiger partial charge in [0.2, 0.25) is 0 Å². The fourth-order valence-electron chi connectivity index (χ4n) is 7.74. The van der Waals surface area contributed by atoms with Crippen molar-refractivity contribution in [3.05, 3.63) is 170 Å². The van der Waals surface area contributed by atoms with E-state index in [2.05, 4.69) is 12.1 Å². The molecule has 0 nitrogen and oxygen atoms in total. The van der Waals surface area contributed by atoms with E-state index >= 15 is 0 Å². The molecule has 0 bridgehead atoms. The predicted octanol–water partition coefficient (Wildman–Crippen LogP) is 13.6. The van der Waals surface area contributed by atoms with Crippen molar-refractivity contribution in [2.24, 2.45) is 0 Å². The molecule has 0 fully saturated rings. The Kier molecular flexibility index (Phi) is 3.65. The largest absolute Gasteiger partial charge is 0.0636 e. The molecule has 11 aromatic carbocycles. The Bertz CT molecular complexity index is 3570.